The molecule has 0 bridgehead atoms. The van der Waals surface area contributed by atoms with Crippen LogP contribution in [0.3, 0.4) is 0 Å². The molecular weight excluding hydrogens is 226 g/mol. The van der Waals surface area contributed by atoms with E-state index in [4.69, 9.17) is 5.11 Å². The summed E-state index contributed by atoms with van der Waals surface area (Å²) in [5.41, 5.74) is 0. The molecule has 1 amide bonds. The van der Waals surface area contributed by atoms with Crippen LogP contribution >= 0.6 is 11.3 Å². The van der Waals surface area contributed by atoms with Crippen molar-refractivity contribution in [3.05, 3.63) is 21.9 Å². The van der Waals surface area contributed by atoms with Gasteiger partial charge in [0.15, 0.2) is 0 Å². The summed E-state index contributed by atoms with van der Waals surface area (Å²) in [6, 6.07) is 3.02. The fourth-order valence-electron chi connectivity index (χ4n) is 1.39. The SMILES string of the molecule is CC(C)CN(C)C(=O)c1ccc(C(=O)O)s1. The highest BCUT2D eigenvalue weighted by Gasteiger charge is 2.16. The van der Waals surface area contributed by atoms with Gasteiger partial charge in [0.25, 0.3) is 5.91 Å². The zero-order chi connectivity index (χ0) is 12.3. The number of carbonyl (C=O) groups excluding carboxylic acids is 1. The Bertz CT molecular complexity index is 398. The van der Waals surface area contributed by atoms with Crippen LogP contribution in [0.2, 0.25) is 0 Å². The maximum atomic E-state index is 11.9. The third kappa shape index (κ3) is 3.06. The third-order valence-electron chi connectivity index (χ3n) is 2.01. The minimum atomic E-state index is -0.990. The minimum Gasteiger partial charge on any atom is -0.477 e. The molecular formula is C11H15NO3S. The molecule has 88 valence electrons. The first kappa shape index (κ1) is 12.7. The molecule has 0 aromatic carbocycles. The molecule has 0 saturated heterocycles. The predicted molar refractivity (Wildman–Crippen MR) is 63.1 cm³/mol. The molecule has 4 nitrogen and oxygen atoms in total. The van der Waals surface area contributed by atoms with E-state index < -0.39 is 5.97 Å². The second-order valence-corrected chi connectivity index (χ2v) is 5.13. The summed E-state index contributed by atoms with van der Waals surface area (Å²) in [6.07, 6.45) is 0. The summed E-state index contributed by atoms with van der Waals surface area (Å²) < 4.78 is 0. The third-order valence-corrected chi connectivity index (χ3v) is 3.07. The van der Waals surface area contributed by atoms with E-state index in [1.54, 1.807) is 18.0 Å². The number of thiophene rings is 1. The van der Waals surface area contributed by atoms with Crippen molar-refractivity contribution in [2.45, 2.75) is 13.8 Å². The van der Waals surface area contributed by atoms with Crippen LogP contribution in [-0.2, 0) is 0 Å². The van der Waals surface area contributed by atoms with Gasteiger partial charge in [-0.05, 0) is 18.1 Å². The number of hydrogen-bond acceptors (Lipinski definition) is 3. The molecule has 1 heterocycles. The zero-order valence-electron chi connectivity index (χ0n) is 9.56. The predicted octanol–water partition coefficient (Wildman–Crippen LogP) is 2.17. The van der Waals surface area contributed by atoms with E-state index in [0.717, 1.165) is 11.3 Å². The summed E-state index contributed by atoms with van der Waals surface area (Å²) in [5, 5.41) is 8.75. The van der Waals surface area contributed by atoms with Crippen LogP contribution in [0.1, 0.15) is 33.2 Å². The normalized spacial score (nSPS) is 10.5. The van der Waals surface area contributed by atoms with Crippen molar-refractivity contribution < 1.29 is 14.7 Å². The maximum absolute atomic E-state index is 11.9. The van der Waals surface area contributed by atoms with E-state index in [1.807, 2.05) is 13.8 Å². The lowest BCUT2D eigenvalue weighted by atomic mass is 10.2. The molecule has 0 radical (unpaired) electrons. The molecule has 0 aliphatic rings. The second-order valence-electron chi connectivity index (χ2n) is 4.05. The first-order chi connectivity index (χ1) is 7.41. The average Bonchev–Trinajstić information content (AvgIpc) is 2.64. The zero-order valence-corrected chi connectivity index (χ0v) is 10.4. The lowest BCUT2D eigenvalue weighted by molar-refractivity contribution is 0.0701. The van der Waals surface area contributed by atoms with Gasteiger partial charge in [-0.15, -0.1) is 11.3 Å². The van der Waals surface area contributed by atoms with Gasteiger partial charge in [-0.3, -0.25) is 4.79 Å². The van der Waals surface area contributed by atoms with Crippen LogP contribution in [0.15, 0.2) is 12.1 Å². The second kappa shape index (κ2) is 5.12. The summed E-state index contributed by atoms with van der Waals surface area (Å²) in [7, 11) is 1.72. The van der Waals surface area contributed by atoms with Crippen LogP contribution in [0, 0.1) is 5.92 Å². The van der Waals surface area contributed by atoms with E-state index >= 15 is 0 Å². The Kier molecular flexibility index (Phi) is 4.06. The molecule has 0 aliphatic carbocycles. The molecule has 1 aromatic heterocycles. The number of carboxylic acid groups (broad SMARTS) is 1. The van der Waals surface area contributed by atoms with E-state index in [1.165, 1.54) is 6.07 Å². The Balaban J connectivity index is 2.76. The topological polar surface area (TPSA) is 57.6 Å². The average molecular weight is 241 g/mol. The number of carbonyl (C=O) groups is 2. The molecule has 5 heteroatoms. The minimum absolute atomic E-state index is 0.119. The van der Waals surface area contributed by atoms with Gasteiger partial charge in [0.1, 0.15) is 4.88 Å². The molecule has 0 saturated carbocycles. The van der Waals surface area contributed by atoms with Gasteiger partial charge in [-0.25, -0.2) is 4.79 Å². The molecule has 0 fully saturated rings. The maximum Gasteiger partial charge on any atom is 0.345 e. The molecule has 0 unspecified atom stereocenters. The highest BCUT2D eigenvalue weighted by atomic mass is 32.1. The van der Waals surface area contributed by atoms with Crippen LogP contribution in [0.25, 0.3) is 0 Å². The Labute approximate surface area is 98.5 Å². The van der Waals surface area contributed by atoms with Gasteiger partial charge >= 0.3 is 5.97 Å². The molecule has 1 rings (SSSR count). The molecule has 1 N–H and O–H groups in total. The monoisotopic (exact) mass is 241 g/mol. The van der Waals surface area contributed by atoms with Crippen molar-refractivity contribution in [3.8, 4) is 0 Å². The number of rotatable bonds is 4. The number of aromatic carboxylic acids is 1. The van der Waals surface area contributed by atoms with Crippen molar-refractivity contribution in [3.63, 3.8) is 0 Å². The number of nitrogens with zero attached hydrogens (tertiary/aromatic N) is 1. The van der Waals surface area contributed by atoms with Crippen LogP contribution in [-0.4, -0.2) is 35.5 Å². The van der Waals surface area contributed by atoms with Gasteiger partial charge in [0.05, 0.1) is 4.88 Å². The number of carboxylic acids is 1. The lowest BCUT2D eigenvalue weighted by Crippen LogP contribution is -2.29. The molecule has 0 aliphatic heterocycles. The number of amides is 1. The van der Waals surface area contributed by atoms with Crippen LogP contribution in [0.4, 0.5) is 0 Å². The van der Waals surface area contributed by atoms with E-state index in [2.05, 4.69) is 0 Å². The largest absolute Gasteiger partial charge is 0.477 e. The Morgan fingerprint density at radius 3 is 2.38 bits per heavy atom. The van der Waals surface area contributed by atoms with Crippen molar-refractivity contribution in [1.29, 1.82) is 0 Å². The molecule has 0 spiro atoms. The fraction of sp³-hybridized carbons (Fsp3) is 0.455. The highest BCUT2D eigenvalue weighted by molar-refractivity contribution is 7.15. The summed E-state index contributed by atoms with van der Waals surface area (Å²) in [4.78, 5) is 24.8. The molecule has 0 atom stereocenters. The van der Waals surface area contributed by atoms with E-state index in [9.17, 15) is 9.59 Å². The lowest BCUT2D eigenvalue weighted by Gasteiger charge is -2.18. The smallest absolute Gasteiger partial charge is 0.345 e. The summed E-state index contributed by atoms with van der Waals surface area (Å²) >= 11 is 1.01. The van der Waals surface area contributed by atoms with Gasteiger partial charge in [-0.1, -0.05) is 13.8 Å². The van der Waals surface area contributed by atoms with Gasteiger partial charge in [0.2, 0.25) is 0 Å². The van der Waals surface area contributed by atoms with Crippen molar-refractivity contribution >= 4 is 23.2 Å². The van der Waals surface area contributed by atoms with Crippen LogP contribution < -0.4 is 0 Å². The quantitative estimate of drug-likeness (QED) is 0.879. The molecule has 16 heavy (non-hydrogen) atoms. The van der Waals surface area contributed by atoms with Gasteiger partial charge in [0, 0.05) is 13.6 Å². The van der Waals surface area contributed by atoms with Crippen molar-refractivity contribution in [2.24, 2.45) is 5.92 Å². The van der Waals surface area contributed by atoms with Gasteiger partial charge in [-0.2, -0.15) is 0 Å². The summed E-state index contributed by atoms with van der Waals surface area (Å²) in [6.45, 7) is 4.72. The standard InChI is InChI=1S/C11H15NO3S/c1-7(2)6-12(3)10(13)8-4-5-9(16-8)11(14)15/h4-5,7H,6H2,1-3H3,(H,14,15). The van der Waals surface area contributed by atoms with Crippen molar-refractivity contribution in [2.75, 3.05) is 13.6 Å². The number of hydrogen-bond donors (Lipinski definition) is 1. The van der Waals surface area contributed by atoms with Gasteiger partial charge < -0.3 is 10.0 Å². The molecule has 1 aromatic rings. The Morgan fingerprint density at radius 1 is 1.38 bits per heavy atom. The Hall–Kier alpha value is -1.36. The van der Waals surface area contributed by atoms with E-state index in [0.29, 0.717) is 17.3 Å². The summed E-state index contributed by atoms with van der Waals surface area (Å²) in [5.74, 6) is -0.713. The Morgan fingerprint density at radius 2 is 1.94 bits per heavy atom. The van der Waals surface area contributed by atoms with Crippen LogP contribution in [0.5, 0.6) is 0 Å². The van der Waals surface area contributed by atoms with E-state index in [-0.39, 0.29) is 10.8 Å². The van der Waals surface area contributed by atoms with Crippen molar-refractivity contribution in [1.82, 2.24) is 4.90 Å². The fourth-order valence-corrected chi connectivity index (χ4v) is 2.23. The first-order valence-corrected chi connectivity index (χ1v) is 5.82. The first-order valence-electron chi connectivity index (χ1n) is 5.00. The highest BCUT2D eigenvalue weighted by Crippen LogP contribution is 2.18.